The van der Waals surface area contributed by atoms with Gasteiger partial charge in [-0.15, -0.1) is 10.2 Å². The molecule has 1 N–H and O–H groups in total. The number of para-hydroxylation sites is 1. The highest BCUT2D eigenvalue weighted by atomic mass is 32.2. The second kappa shape index (κ2) is 7.24. The van der Waals surface area contributed by atoms with E-state index in [9.17, 15) is 4.79 Å². The molecule has 4 nitrogen and oxygen atoms in total. The normalized spacial score (nSPS) is 12.5. The summed E-state index contributed by atoms with van der Waals surface area (Å²) < 4.78 is 0.828. The molecule has 1 aromatic carbocycles. The molecule has 0 saturated heterocycles. The van der Waals surface area contributed by atoms with Crippen LogP contribution in [0.1, 0.15) is 42.8 Å². The molecule has 118 valence electrons. The molecule has 0 unspecified atom stereocenters. The molecule has 1 amide bonds. The number of nitrogens with one attached hydrogen (secondary N) is 1. The van der Waals surface area contributed by atoms with Crippen molar-refractivity contribution >= 4 is 34.7 Å². The molecule has 0 aliphatic heterocycles. The lowest BCUT2D eigenvalue weighted by atomic mass is 9.98. The number of anilines is 1. The fraction of sp³-hybridized carbons (Fsp3) is 0.438. The van der Waals surface area contributed by atoms with Gasteiger partial charge in [0.15, 0.2) is 4.34 Å². The first-order valence-electron chi connectivity index (χ1n) is 7.25. The van der Waals surface area contributed by atoms with E-state index in [1.807, 2.05) is 32.9 Å². The Balaban J connectivity index is 2.11. The Bertz CT molecular complexity index is 667. The first-order chi connectivity index (χ1) is 10.4. The Hall–Kier alpha value is -1.40. The molecule has 0 spiro atoms. The van der Waals surface area contributed by atoms with Crippen LogP contribution in [0.15, 0.2) is 22.5 Å². The highest BCUT2D eigenvalue weighted by molar-refractivity contribution is 8.02. The number of carbonyl (C=O) groups excluding carboxylic acids is 1. The van der Waals surface area contributed by atoms with Gasteiger partial charge in [-0.2, -0.15) is 0 Å². The monoisotopic (exact) mass is 335 g/mol. The molecule has 2 aromatic rings. The van der Waals surface area contributed by atoms with Gasteiger partial charge in [0, 0.05) is 5.69 Å². The minimum absolute atomic E-state index is 0.00551. The van der Waals surface area contributed by atoms with Crippen molar-refractivity contribution in [1.82, 2.24) is 10.2 Å². The number of thioether (sulfide) groups is 1. The number of rotatable bonds is 5. The van der Waals surface area contributed by atoms with Crippen molar-refractivity contribution in [1.29, 1.82) is 0 Å². The summed E-state index contributed by atoms with van der Waals surface area (Å²) in [7, 11) is 0. The third-order valence-corrected chi connectivity index (χ3v) is 5.35. The van der Waals surface area contributed by atoms with Gasteiger partial charge < -0.3 is 5.32 Å². The zero-order valence-corrected chi connectivity index (χ0v) is 15.1. The van der Waals surface area contributed by atoms with Gasteiger partial charge in [-0.25, -0.2) is 0 Å². The third kappa shape index (κ3) is 4.08. The Morgan fingerprint density at radius 3 is 2.55 bits per heavy atom. The quantitative estimate of drug-likeness (QED) is 0.823. The van der Waals surface area contributed by atoms with E-state index in [1.54, 1.807) is 0 Å². The lowest BCUT2D eigenvalue weighted by Gasteiger charge is -2.18. The van der Waals surface area contributed by atoms with Gasteiger partial charge in [-0.05, 0) is 37.8 Å². The summed E-state index contributed by atoms with van der Waals surface area (Å²) in [6, 6.07) is 6.12. The van der Waals surface area contributed by atoms with Crippen LogP contribution in [-0.2, 0) is 4.79 Å². The van der Waals surface area contributed by atoms with E-state index in [0.717, 1.165) is 26.2 Å². The lowest BCUT2D eigenvalue weighted by molar-refractivity contribution is -0.115. The first kappa shape index (κ1) is 17.0. The zero-order valence-electron chi connectivity index (χ0n) is 13.5. The fourth-order valence-corrected chi connectivity index (χ4v) is 4.06. The molecule has 1 aromatic heterocycles. The molecule has 0 aliphatic carbocycles. The van der Waals surface area contributed by atoms with E-state index in [4.69, 9.17) is 0 Å². The molecular formula is C16H21N3OS2. The number of nitrogens with zero attached hydrogens (tertiary/aromatic N) is 2. The van der Waals surface area contributed by atoms with Gasteiger partial charge in [0.1, 0.15) is 5.01 Å². The van der Waals surface area contributed by atoms with E-state index < -0.39 is 0 Å². The topological polar surface area (TPSA) is 54.9 Å². The Kier molecular flexibility index (Phi) is 5.58. The molecule has 1 heterocycles. The van der Waals surface area contributed by atoms with Crippen LogP contribution in [0, 0.1) is 13.8 Å². The highest BCUT2D eigenvalue weighted by Crippen LogP contribution is 2.30. The Morgan fingerprint density at radius 1 is 1.23 bits per heavy atom. The van der Waals surface area contributed by atoms with E-state index >= 15 is 0 Å². The van der Waals surface area contributed by atoms with Gasteiger partial charge in [0.25, 0.3) is 0 Å². The zero-order chi connectivity index (χ0) is 16.3. The number of aromatic nitrogens is 2. The van der Waals surface area contributed by atoms with Crippen molar-refractivity contribution in [3.05, 3.63) is 34.3 Å². The van der Waals surface area contributed by atoms with Gasteiger partial charge in [-0.3, -0.25) is 4.79 Å². The van der Waals surface area contributed by atoms with Crippen LogP contribution in [0.5, 0.6) is 0 Å². The first-order valence-corrected chi connectivity index (χ1v) is 8.95. The average molecular weight is 335 g/mol. The second-order valence-corrected chi connectivity index (χ2v) is 8.30. The number of hydrogen-bond acceptors (Lipinski definition) is 5. The maximum absolute atomic E-state index is 12.5. The van der Waals surface area contributed by atoms with Crippen LogP contribution in [0.4, 0.5) is 5.69 Å². The van der Waals surface area contributed by atoms with Crippen LogP contribution in [0.2, 0.25) is 0 Å². The van der Waals surface area contributed by atoms with Crippen LogP contribution in [0.25, 0.3) is 0 Å². The van der Waals surface area contributed by atoms with E-state index in [1.165, 1.54) is 23.1 Å². The SMILES string of the molecule is Cc1nnc(S[C@@H](C)C(=O)Nc2c(C)cccc2C(C)C)s1. The maximum Gasteiger partial charge on any atom is 0.237 e. The summed E-state index contributed by atoms with van der Waals surface area (Å²) >= 11 is 2.96. The van der Waals surface area contributed by atoms with Gasteiger partial charge in [0.05, 0.1) is 5.25 Å². The Morgan fingerprint density at radius 2 is 1.95 bits per heavy atom. The van der Waals surface area contributed by atoms with Crippen LogP contribution < -0.4 is 5.32 Å². The molecule has 1 atom stereocenters. The molecule has 0 fully saturated rings. The van der Waals surface area contributed by atoms with Crippen molar-refractivity contribution < 1.29 is 4.79 Å². The maximum atomic E-state index is 12.5. The molecule has 0 saturated carbocycles. The Labute approximate surface area is 139 Å². The van der Waals surface area contributed by atoms with Crippen LogP contribution in [0.3, 0.4) is 0 Å². The van der Waals surface area contributed by atoms with E-state index in [-0.39, 0.29) is 11.2 Å². The summed E-state index contributed by atoms with van der Waals surface area (Å²) in [6.07, 6.45) is 0. The van der Waals surface area contributed by atoms with Gasteiger partial charge >= 0.3 is 0 Å². The predicted octanol–water partition coefficient (Wildman–Crippen LogP) is 4.40. The molecule has 0 bridgehead atoms. The van der Waals surface area contributed by atoms with E-state index in [2.05, 4.69) is 35.4 Å². The van der Waals surface area contributed by atoms with Crippen molar-refractivity contribution in [3.63, 3.8) is 0 Å². The smallest absolute Gasteiger partial charge is 0.237 e. The van der Waals surface area contributed by atoms with E-state index in [0.29, 0.717) is 5.92 Å². The molecular weight excluding hydrogens is 314 g/mol. The van der Waals surface area contributed by atoms with Crippen molar-refractivity contribution in [2.24, 2.45) is 0 Å². The largest absolute Gasteiger partial charge is 0.325 e. The van der Waals surface area contributed by atoms with Crippen molar-refractivity contribution in [2.75, 3.05) is 5.32 Å². The number of aryl methyl sites for hydroxylation is 2. The van der Waals surface area contributed by atoms with Crippen LogP contribution >= 0.6 is 23.1 Å². The summed E-state index contributed by atoms with van der Waals surface area (Å²) in [5.41, 5.74) is 3.18. The van der Waals surface area contributed by atoms with Crippen LogP contribution in [-0.4, -0.2) is 21.4 Å². The number of amides is 1. The number of benzene rings is 1. The summed E-state index contributed by atoms with van der Waals surface area (Å²) in [4.78, 5) is 12.5. The molecule has 0 radical (unpaired) electrons. The minimum Gasteiger partial charge on any atom is -0.325 e. The molecule has 2 rings (SSSR count). The van der Waals surface area contributed by atoms with Gasteiger partial charge in [-0.1, -0.05) is 55.1 Å². The predicted molar refractivity (Wildman–Crippen MR) is 93.9 cm³/mol. The molecule has 0 aliphatic rings. The third-order valence-electron chi connectivity index (χ3n) is 3.33. The minimum atomic E-state index is -0.216. The number of carbonyl (C=O) groups is 1. The highest BCUT2D eigenvalue weighted by Gasteiger charge is 2.19. The summed E-state index contributed by atoms with van der Waals surface area (Å²) in [5.74, 6) is 0.359. The van der Waals surface area contributed by atoms with Crippen molar-refractivity contribution in [2.45, 2.75) is 50.1 Å². The fourth-order valence-electron chi connectivity index (χ4n) is 2.10. The molecule has 6 heteroatoms. The summed E-state index contributed by atoms with van der Waals surface area (Å²) in [5, 5.41) is 11.8. The second-order valence-electron chi connectivity index (χ2n) is 5.53. The lowest BCUT2D eigenvalue weighted by Crippen LogP contribution is -2.23. The standard InChI is InChI=1S/C16H21N3OS2/c1-9(2)13-8-6-7-10(3)14(13)17-15(20)11(4)21-16-19-18-12(5)22-16/h6-9,11H,1-5H3,(H,17,20)/t11-/m0/s1. The van der Waals surface area contributed by atoms with Crippen molar-refractivity contribution in [3.8, 4) is 0 Å². The summed E-state index contributed by atoms with van der Waals surface area (Å²) in [6.45, 7) is 10.1. The average Bonchev–Trinajstić information content (AvgIpc) is 2.85. The van der Waals surface area contributed by atoms with Gasteiger partial charge in [0.2, 0.25) is 5.91 Å². The number of hydrogen-bond donors (Lipinski definition) is 1. The molecule has 22 heavy (non-hydrogen) atoms.